The Kier molecular flexibility index (Phi) is 6.43. The number of aliphatic hydroxyl groups excluding tert-OH is 1. The molecule has 0 aromatic carbocycles. The predicted octanol–water partition coefficient (Wildman–Crippen LogP) is 0.496. The van der Waals surface area contributed by atoms with E-state index in [2.05, 4.69) is 4.90 Å². The topological polar surface area (TPSA) is 64.1 Å². The maximum Gasteiger partial charge on any atom is 0.281 e. The maximum atomic E-state index is 12.7. The van der Waals surface area contributed by atoms with Crippen molar-refractivity contribution in [2.45, 2.75) is 44.6 Å². The van der Waals surface area contributed by atoms with Gasteiger partial charge in [0.25, 0.3) is 10.2 Å². The predicted molar refractivity (Wildman–Crippen MR) is 83.3 cm³/mol. The standard InChI is InChI=1S/C14H29N3O3S/c1-15(12-13-18)14-6-10-17(11-7-14)21(19,20)16-8-4-2-3-5-9-16/h14,18H,2-13H2,1H3. The van der Waals surface area contributed by atoms with Gasteiger partial charge in [0.15, 0.2) is 0 Å². The number of aliphatic hydroxyl groups is 1. The number of hydrogen-bond donors (Lipinski definition) is 1. The molecule has 0 aromatic heterocycles. The van der Waals surface area contributed by atoms with Gasteiger partial charge in [-0.3, -0.25) is 0 Å². The third kappa shape index (κ3) is 4.39. The second-order valence-electron chi connectivity index (χ2n) is 6.16. The molecule has 0 saturated carbocycles. The first-order valence-electron chi connectivity index (χ1n) is 8.12. The molecule has 0 spiro atoms. The van der Waals surface area contributed by atoms with Gasteiger partial charge in [-0.2, -0.15) is 17.0 Å². The van der Waals surface area contributed by atoms with Gasteiger partial charge in [0.1, 0.15) is 0 Å². The second kappa shape index (κ2) is 7.87. The summed E-state index contributed by atoms with van der Waals surface area (Å²) in [6.07, 6.45) is 5.94. The molecular weight excluding hydrogens is 290 g/mol. The molecule has 1 N–H and O–H groups in total. The van der Waals surface area contributed by atoms with Gasteiger partial charge in [0.05, 0.1) is 6.61 Å². The van der Waals surface area contributed by atoms with Gasteiger partial charge in [-0.05, 0) is 32.7 Å². The number of nitrogens with zero attached hydrogens (tertiary/aromatic N) is 3. The van der Waals surface area contributed by atoms with Crippen molar-refractivity contribution in [1.29, 1.82) is 0 Å². The number of likely N-dealkylation sites (N-methyl/N-ethyl adjacent to an activating group) is 1. The van der Waals surface area contributed by atoms with E-state index >= 15 is 0 Å². The lowest BCUT2D eigenvalue weighted by Crippen LogP contribution is -2.50. The van der Waals surface area contributed by atoms with Crippen LogP contribution in [0.3, 0.4) is 0 Å². The normalized spacial score (nSPS) is 24.3. The lowest BCUT2D eigenvalue weighted by Gasteiger charge is -2.37. The summed E-state index contributed by atoms with van der Waals surface area (Å²) < 4.78 is 28.7. The lowest BCUT2D eigenvalue weighted by atomic mass is 10.1. The van der Waals surface area contributed by atoms with Crippen molar-refractivity contribution in [1.82, 2.24) is 13.5 Å². The number of piperidine rings is 1. The van der Waals surface area contributed by atoms with E-state index in [9.17, 15) is 8.42 Å². The van der Waals surface area contributed by atoms with Crippen molar-refractivity contribution in [3.63, 3.8) is 0 Å². The zero-order valence-corrected chi connectivity index (χ0v) is 13.9. The Morgan fingerprint density at radius 1 is 1.00 bits per heavy atom. The Hall–Kier alpha value is -0.210. The highest BCUT2D eigenvalue weighted by molar-refractivity contribution is 7.86. The molecule has 0 aliphatic carbocycles. The van der Waals surface area contributed by atoms with Crippen molar-refractivity contribution in [3.05, 3.63) is 0 Å². The number of rotatable bonds is 5. The fourth-order valence-electron chi connectivity index (χ4n) is 3.29. The molecule has 2 rings (SSSR count). The van der Waals surface area contributed by atoms with Crippen LogP contribution in [0.4, 0.5) is 0 Å². The zero-order chi connectivity index (χ0) is 15.3. The van der Waals surface area contributed by atoms with Gasteiger partial charge >= 0.3 is 0 Å². The van der Waals surface area contributed by atoms with E-state index in [1.54, 1.807) is 8.61 Å². The van der Waals surface area contributed by atoms with E-state index in [1.165, 1.54) is 0 Å². The molecule has 6 nitrogen and oxygen atoms in total. The molecular formula is C14H29N3O3S. The highest BCUT2D eigenvalue weighted by Gasteiger charge is 2.33. The molecule has 0 unspecified atom stereocenters. The average molecular weight is 319 g/mol. The fourth-order valence-corrected chi connectivity index (χ4v) is 5.01. The molecule has 0 amide bonds. The highest BCUT2D eigenvalue weighted by Crippen LogP contribution is 2.22. The van der Waals surface area contributed by atoms with E-state index in [-0.39, 0.29) is 6.61 Å². The summed E-state index contributed by atoms with van der Waals surface area (Å²) in [4.78, 5) is 2.13. The molecule has 21 heavy (non-hydrogen) atoms. The van der Waals surface area contributed by atoms with Crippen molar-refractivity contribution in [3.8, 4) is 0 Å². The van der Waals surface area contributed by atoms with E-state index in [0.29, 0.717) is 38.8 Å². The molecule has 2 aliphatic rings. The Bertz CT molecular complexity index is 400. The molecule has 7 heteroatoms. The third-order valence-electron chi connectivity index (χ3n) is 4.72. The van der Waals surface area contributed by atoms with Crippen LogP contribution in [0, 0.1) is 0 Å². The zero-order valence-electron chi connectivity index (χ0n) is 13.1. The largest absolute Gasteiger partial charge is 0.395 e. The van der Waals surface area contributed by atoms with Crippen molar-refractivity contribution in [2.75, 3.05) is 46.4 Å². The summed E-state index contributed by atoms with van der Waals surface area (Å²) in [5.74, 6) is 0. The summed E-state index contributed by atoms with van der Waals surface area (Å²) in [6.45, 7) is 3.35. The summed E-state index contributed by atoms with van der Waals surface area (Å²) in [5.41, 5.74) is 0. The fraction of sp³-hybridized carbons (Fsp3) is 1.00. The first-order chi connectivity index (χ1) is 10.1. The SMILES string of the molecule is CN(CCO)C1CCN(S(=O)(=O)N2CCCCCC2)CC1. The first kappa shape index (κ1) is 17.1. The van der Waals surface area contributed by atoms with Crippen molar-refractivity contribution < 1.29 is 13.5 Å². The van der Waals surface area contributed by atoms with E-state index < -0.39 is 10.2 Å². The van der Waals surface area contributed by atoms with Crippen LogP contribution < -0.4 is 0 Å². The molecule has 2 fully saturated rings. The van der Waals surface area contributed by atoms with Gasteiger partial charge in [-0.15, -0.1) is 0 Å². The Morgan fingerprint density at radius 2 is 1.52 bits per heavy atom. The van der Waals surface area contributed by atoms with Crippen LogP contribution in [0.25, 0.3) is 0 Å². The molecule has 0 radical (unpaired) electrons. The molecule has 2 saturated heterocycles. The summed E-state index contributed by atoms with van der Waals surface area (Å²) in [5, 5.41) is 8.99. The minimum Gasteiger partial charge on any atom is -0.395 e. The molecule has 0 aromatic rings. The summed E-state index contributed by atoms with van der Waals surface area (Å²) in [7, 11) is -1.27. The maximum absolute atomic E-state index is 12.7. The summed E-state index contributed by atoms with van der Waals surface area (Å²) in [6, 6.07) is 0.382. The van der Waals surface area contributed by atoms with Crippen LogP contribution in [-0.2, 0) is 10.2 Å². The van der Waals surface area contributed by atoms with Gasteiger partial charge in [0, 0.05) is 38.8 Å². The minimum atomic E-state index is -3.27. The van der Waals surface area contributed by atoms with Gasteiger partial charge in [-0.25, -0.2) is 0 Å². The van der Waals surface area contributed by atoms with Crippen molar-refractivity contribution in [2.24, 2.45) is 0 Å². The van der Waals surface area contributed by atoms with E-state index in [1.807, 2.05) is 7.05 Å². The van der Waals surface area contributed by atoms with Crippen LogP contribution in [0.5, 0.6) is 0 Å². The smallest absolute Gasteiger partial charge is 0.281 e. The lowest BCUT2D eigenvalue weighted by molar-refractivity contribution is 0.136. The first-order valence-corrected chi connectivity index (χ1v) is 9.51. The molecule has 2 heterocycles. The molecule has 0 bridgehead atoms. The van der Waals surface area contributed by atoms with Gasteiger partial charge < -0.3 is 10.0 Å². The Labute approximate surface area is 128 Å². The summed E-state index contributed by atoms with van der Waals surface area (Å²) >= 11 is 0. The van der Waals surface area contributed by atoms with Crippen LogP contribution in [0.1, 0.15) is 38.5 Å². The van der Waals surface area contributed by atoms with Crippen LogP contribution in [-0.4, -0.2) is 79.5 Å². The minimum absolute atomic E-state index is 0.156. The van der Waals surface area contributed by atoms with E-state index in [4.69, 9.17) is 5.11 Å². The number of hydrogen-bond acceptors (Lipinski definition) is 4. The van der Waals surface area contributed by atoms with Gasteiger partial charge in [-0.1, -0.05) is 12.8 Å². The third-order valence-corrected chi connectivity index (χ3v) is 6.75. The molecule has 2 aliphatic heterocycles. The van der Waals surface area contributed by atoms with Crippen LogP contribution >= 0.6 is 0 Å². The van der Waals surface area contributed by atoms with Crippen molar-refractivity contribution >= 4 is 10.2 Å². The highest BCUT2D eigenvalue weighted by atomic mass is 32.2. The molecule has 124 valence electrons. The Morgan fingerprint density at radius 3 is 2.05 bits per heavy atom. The van der Waals surface area contributed by atoms with Gasteiger partial charge in [0.2, 0.25) is 0 Å². The second-order valence-corrected chi connectivity index (χ2v) is 8.08. The van der Waals surface area contributed by atoms with Crippen LogP contribution in [0.15, 0.2) is 0 Å². The average Bonchev–Trinajstić information content (AvgIpc) is 2.77. The quantitative estimate of drug-likeness (QED) is 0.801. The monoisotopic (exact) mass is 319 g/mol. The Balaban J connectivity index is 1.90. The van der Waals surface area contributed by atoms with E-state index in [0.717, 1.165) is 38.5 Å². The van der Waals surface area contributed by atoms with Crippen LogP contribution in [0.2, 0.25) is 0 Å². The molecule has 0 atom stereocenters.